The predicted octanol–water partition coefficient (Wildman–Crippen LogP) is 0.0404. The number of hydrogen-bond acceptors (Lipinski definition) is 4. The Morgan fingerprint density at radius 3 is 2.47 bits per heavy atom. The Hall–Kier alpha value is -0.650. The van der Waals surface area contributed by atoms with E-state index in [0.29, 0.717) is 25.0 Å². The first kappa shape index (κ1) is 14.8. The van der Waals surface area contributed by atoms with Gasteiger partial charge in [-0.25, -0.2) is 0 Å². The van der Waals surface area contributed by atoms with Gasteiger partial charge in [-0.2, -0.15) is 0 Å². The molecular weight excluding hydrogens is 242 g/mol. The van der Waals surface area contributed by atoms with E-state index in [1.165, 1.54) is 0 Å². The predicted molar refractivity (Wildman–Crippen MR) is 74.9 cm³/mol. The van der Waals surface area contributed by atoms with Crippen LogP contribution in [0, 0.1) is 0 Å². The van der Waals surface area contributed by atoms with E-state index in [1.54, 1.807) is 0 Å². The van der Waals surface area contributed by atoms with Crippen molar-refractivity contribution in [3.8, 4) is 0 Å². The van der Waals surface area contributed by atoms with Crippen molar-refractivity contribution in [1.82, 2.24) is 15.1 Å². The first-order valence-corrected chi connectivity index (χ1v) is 7.41. The van der Waals surface area contributed by atoms with Crippen LogP contribution < -0.4 is 5.32 Å². The van der Waals surface area contributed by atoms with Crippen molar-refractivity contribution in [2.45, 2.75) is 57.3 Å². The maximum atomic E-state index is 12.3. The first-order valence-electron chi connectivity index (χ1n) is 7.41. The van der Waals surface area contributed by atoms with Gasteiger partial charge in [0.25, 0.3) is 0 Å². The van der Waals surface area contributed by atoms with Gasteiger partial charge in [-0.05, 0) is 33.1 Å². The smallest absolute Gasteiger partial charge is 0.239 e. The molecule has 2 aliphatic rings. The molecule has 2 aliphatic heterocycles. The van der Waals surface area contributed by atoms with E-state index in [-0.39, 0.29) is 18.1 Å². The molecule has 2 N–H and O–H groups in total. The van der Waals surface area contributed by atoms with Crippen molar-refractivity contribution >= 4 is 5.91 Å². The third-order valence-corrected chi connectivity index (χ3v) is 4.53. The Bertz CT molecular complexity index is 314. The normalized spacial score (nSPS) is 29.9. The van der Waals surface area contributed by atoms with Crippen molar-refractivity contribution in [1.29, 1.82) is 0 Å². The fourth-order valence-corrected chi connectivity index (χ4v) is 3.12. The summed E-state index contributed by atoms with van der Waals surface area (Å²) in [5.74, 6) is 0.138. The zero-order valence-corrected chi connectivity index (χ0v) is 12.3. The summed E-state index contributed by atoms with van der Waals surface area (Å²) in [6.45, 7) is 7.12. The van der Waals surface area contributed by atoms with Crippen LogP contribution in [0.25, 0.3) is 0 Å². The lowest BCUT2D eigenvalue weighted by atomic mass is 10.0. The van der Waals surface area contributed by atoms with Crippen LogP contribution in [0.1, 0.15) is 33.1 Å². The summed E-state index contributed by atoms with van der Waals surface area (Å²) in [5, 5.41) is 12.6. The zero-order chi connectivity index (χ0) is 14.0. The molecule has 5 heteroatoms. The van der Waals surface area contributed by atoms with Crippen LogP contribution in [0.4, 0.5) is 0 Å². The van der Waals surface area contributed by atoms with Gasteiger partial charge in [0.2, 0.25) is 5.91 Å². The second kappa shape index (κ2) is 6.20. The van der Waals surface area contributed by atoms with Crippen molar-refractivity contribution in [3.63, 3.8) is 0 Å². The van der Waals surface area contributed by atoms with Gasteiger partial charge in [-0.15, -0.1) is 0 Å². The van der Waals surface area contributed by atoms with E-state index >= 15 is 0 Å². The van der Waals surface area contributed by atoms with Crippen molar-refractivity contribution in [2.24, 2.45) is 0 Å². The van der Waals surface area contributed by atoms with Gasteiger partial charge in [-0.1, -0.05) is 0 Å². The van der Waals surface area contributed by atoms with Gasteiger partial charge in [0, 0.05) is 38.8 Å². The number of aliphatic hydroxyl groups is 1. The minimum atomic E-state index is -0.370. The minimum absolute atomic E-state index is 0.138. The number of piperidine rings is 1. The third kappa shape index (κ3) is 3.46. The quantitative estimate of drug-likeness (QED) is 0.759. The van der Waals surface area contributed by atoms with Crippen LogP contribution in [0.5, 0.6) is 0 Å². The van der Waals surface area contributed by atoms with Crippen molar-refractivity contribution in [2.75, 3.05) is 26.7 Å². The molecule has 0 bridgehead atoms. The SMILES string of the molecule is CC(C)N1CCC(N(C)C(=O)C2CC(O)CN2)CC1. The molecule has 2 rings (SSSR count). The third-order valence-electron chi connectivity index (χ3n) is 4.53. The maximum absolute atomic E-state index is 12.3. The van der Waals surface area contributed by atoms with Crippen molar-refractivity contribution < 1.29 is 9.90 Å². The number of carbonyl (C=O) groups is 1. The Balaban J connectivity index is 1.83. The number of likely N-dealkylation sites (N-methyl/N-ethyl adjacent to an activating group) is 1. The number of carbonyl (C=O) groups excluding carboxylic acids is 1. The van der Waals surface area contributed by atoms with Gasteiger partial charge in [0.1, 0.15) is 0 Å². The molecule has 0 radical (unpaired) electrons. The summed E-state index contributed by atoms with van der Waals surface area (Å²) in [6, 6.07) is 0.749. The molecule has 1 amide bonds. The topological polar surface area (TPSA) is 55.8 Å². The largest absolute Gasteiger partial charge is 0.392 e. The lowest BCUT2D eigenvalue weighted by Gasteiger charge is -2.39. The molecule has 110 valence electrons. The molecule has 2 saturated heterocycles. The van der Waals surface area contributed by atoms with E-state index in [1.807, 2.05) is 11.9 Å². The van der Waals surface area contributed by atoms with Crippen LogP contribution >= 0.6 is 0 Å². The molecule has 0 aromatic heterocycles. The Morgan fingerprint density at radius 2 is 2.00 bits per heavy atom. The summed E-state index contributed by atoms with van der Waals surface area (Å²) >= 11 is 0. The number of likely N-dealkylation sites (tertiary alicyclic amines) is 1. The highest BCUT2D eigenvalue weighted by atomic mass is 16.3. The minimum Gasteiger partial charge on any atom is -0.392 e. The van der Waals surface area contributed by atoms with Gasteiger partial charge < -0.3 is 20.2 Å². The summed E-state index contributed by atoms with van der Waals surface area (Å²) < 4.78 is 0. The highest BCUT2D eigenvalue weighted by molar-refractivity contribution is 5.82. The molecular formula is C14H27N3O2. The standard InChI is InChI=1S/C14H27N3O2/c1-10(2)17-6-4-11(5-7-17)16(3)14(19)13-8-12(18)9-15-13/h10-13,15,18H,4-9H2,1-3H3. The summed E-state index contributed by atoms with van der Waals surface area (Å²) in [4.78, 5) is 16.7. The lowest BCUT2D eigenvalue weighted by Crippen LogP contribution is -2.51. The monoisotopic (exact) mass is 269 g/mol. The molecule has 2 unspecified atom stereocenters. The van der Waals surface area contributed by atoms with Gasteiger partial charge in [0.15, 0.2) is 0 Å². The van der Waals surface area contributed by atoms with E-state index in [4.69, 9.17) is 0 Å². The van der Waals surface area contributed by atoms with E-state index < -0.39 is 0 Å². The average Bonchev–Trinajstić information content (AvgIpc) is 2.84. The van der Waals surface area contributed by atoms with Crippen molar-refractivity contribution in [3.05, 3.63) is 0 Å². The number of β-amino-alcohol motifs (C(OH)–C–C–N with tert-alkyl or cyclic N) is 1. The number of nitrogens with zero attached hydrogens (tertiary/aromatic N) is 2. The molecule has 0 aromatic rings. The number of nitrogens with one attached hydrogen (secondary N) is 1. The summed E-state index contributed by atoms with van der Waals surface area (Å²) in [7, 11) is 1.91. The molecule has 5 nitrogen and oxygen atoms in total. The van der Waals surface area contributed by atoms with Gasteiger partial charge in [0.05, 0.1) is 12.1 Å². The number of amides is 1. The Labute approximate surface area is 115 Å². The number of aliphatic hydroxyl groups excluding tert-OH is 1. The molecule has 0 spiro atoms. The highest BCUT2D eigenvalue weighted by Gasteiger charge is 2.33. The molecule has 2 atom stereocenters. The van der Waals surface area contributed by atoms with Gasteiger partial charge in [-0.3, -0.25) is 4.79 Å². The lowest BCUT2D eigenvalue weighted by molar-refractivity contribution is -0.135. The number of rotatable bonds is 3. The fourth-order valence-electron chi connectivity index (χ4n) is 3.12. The second-order valence-electron chi connectivity index (χ2n) is 6.16. The molecule has 2 heterocycles. The maximum Gasteiger partial charge on any atom is 0.239 e. The molecule has 0 aliphatic carbocycles. The fraction of sp³-hybridized carbons (Fsp3) is 0.929. The zero-order valence-electron chi connectivity index (χ0n) is 12.3. The summed E-state index contributed by atoms with van der Waals surface area (Å²) in [6.07, 6.45) is 2.28. The van der Waals surface area contributed by atoms with Crippen LogP contribution in [-0.2, 0) is 4.79 Å². The van der Waals surface area contributed by atoms with Crippen LogP contribution in [-0.4, -0.2) is 71.7 Å². The highest BCUT2D eigenvalue weighted by Crippen LogP contribution is 2.19. The number of hydrogen-bond donors (Lipinski definition) is 2. The summed E-state index contributed by atoms with van der Waals surface area (Å²) in [5.41, 5.74) is 0. The molecule has 0 aromatic carbocycles. The van der Waals surface area contributed by atoms with E-state index in [9.17, 15) is 9.90 Å². The molecule has 0 saturated carbocycles. The average molecular weight is 269 g/mol. The van der Waals surface area contributed by atoms with E-state index in [0.717, 1.165) is 25.9 Å². The van der Waals surface area contributed by atoms with Crippen LogP contribution in [0.3, 0.4) is 0 Å². The molecule has 19 heavy (non-hydrogen) atoms. The van der Waals surface area contributed by atoms with E-state index in [2.05, 4.69) is 24.1 Å². The first-order chi connectivity index (χ1) is 8.99. The van der Waals surface area contributed by atoms with Crippen LogP contribution in [0.2, 0.25) is 0 Å². The Morgan fingerprint density at radius 1 is 1.37 bits per heavy atom. The van der Waals surface area contributed by atoms with Crippen LogP contribution in [0.15, 0.2) is 0 Å². The second-order valence-corrected chi connectivity index (χ2v) is 6.16. The van der Waals surface area contributed by atoms with Gasteiger partial charge >= 0.3 is 0 Å². The Kier molecular flexibility index (Phi) is 4.81. The molecule has 2 fully saturated rings.